The number of β-amino-alcohol motifs (C(OH)–C–C–N with tert-alkyl or cyclic N) is 1. The van der Waals surface area contributed by atoms with Crippen LogP contribution < -0.4 is 11.1 Å². The average molecular weight is 371 g/mol. The van der Waals surface area contributed by atoms with Crippen LogP contribution in [0, 0.1) is 0 Å². The zero-order chi connectivity index (χ0) is 19.6. The molecular formula is C19H25N5O3. The van der Waals surface area contributed by atoms with Crippen LogP contribution in [0.25, 0.3) is 11.3 Å². The van der Waals surface area contributed by atoms with Gasteiger partial charge in [-0.2, -0.15) is 4.98 Å². The van der Waals surface area contributed by atoms with E-state index in [2.05, 4.69) is 15.3 Å². The number of likely N-dealkylation sites (tertiary alicyclic amines) is 1. The molecule has 0 bridgehead atoms. The fraction of sp³-hybridized carbons (Fsp3) is 0.421. The second kappa shape index (κ2) is 7.50. The molecule has 27 heavy (non-hydrogen) atoms. The summed E-state index contributed by atoms with van der Waals surface area (Å²) in [5.41, 5.74) is 6.61. The number of nitrogens with zero attached hydrogens (tertiary/aromatic N) is 3. The van der Waals surface area contributed by atoms with Crippen molar-refractivity contribution in [2.24, 2.45) is 0 Å². The van der Waals surface area contributed by atoms with Crippen LogP contribution in [0.15, 0.2) is 30.3 Å². The number of aliphatic hydroxyl groups is 2. The predicted molar refractivity (Wildman–Crippen MR) is 103 cm³/mol. The van der Waals surface area contributed by atoms with Gasteiger partial charge in [-0.1, -0.05) is 12.1 Å². The summed E-state index contributed by atoms with van der Waals surface area (Å²) < 4.78 is 0. The lowest BCUT2D eigenvalue weighted by atomic mass is 10.1. The molecule has 1 aromatic heterocycles. The molecule has 1 aliphatic heterocycles. The highest BCUT2D eigenvalue weighted by atomic mass is 16.3. The molecule has 8 heteroatoms. The highest BCUT2D eigenvalue weighted by Gasteiger charge is 2.37. The van der Waals surface area contributed by atoms with E-state index in [0.29, 0.717) is 30.0 Å². The molecule has 3 rings (SSSR count). The predicted octanol–water partition coefficient (Wildman–Crippen LogP) is 1.12. The van der Waals surface area contributed by atoms with Crippen LogP contribution in [0.4, 0.5) is 11.8 Å². The Morgan fingerprint density at radius 3 is 2.63 bits per heavy atom. The van der Waals surface area contributed by atoms with Crippen molar-refractivity contribution < 1.29 is 15.0 Å². The van der Waals surface area contributed by atoms with Crippen molar-refractivity contribution >= 4 is 17.7 Å². The number of carbonyl (C=O) groups is 1. The molecule has 1 aromatic carbocycles. The molecule has 0 aliphatic carbocycles. The number of amides is 1. The SMILES string of the molecule is CC(C)Nc1cc(-c2ccc(C(=O)N3CCC(O)(CO)C3)cc2)nc(N)n1. The zero-order valence-corrected chi connectivity index (χ0v) is 15.5. The third-order valence-corrected chi connectivity index (χ3v) is 4.52. The van der Waals surface area contributed by atoms with E-state index in [9.17, 15) is 15.0 Å². The quantitative estimate of drug-likeness (QED) is 0.620. The van der Waals surface area contributed by atoms with Crippen LogP contribution in [0.3, 0.4) is 0 Å². The van der Waals surface area contributed by atoms with Gasteiger partial charge in [-0.15, -0.1) is 0 Å². The minimum absolute atomic E-state index is 0.136. The number of carbonyl (C=O) groups excluding carboxylic acids is 1. The summed E-state index contributed by atoms with van der Waals surface area (Å²) in [6, 6.07) is 9.09. The van der Waals surface area contributed by atoms with E-state index in [0.717, 1.165) is 5.56 Å². The number of aliphatic hydroxyl groups excluding tert-OH is 1. The summed E-state index contributed by atoms with van der Waals surface area (Å²) in [5, 5.41) is 22.5. The fourth-order valence-electron chi connectivity index (χ4n) is 3.11. The standard InChI is InChI=1S/C19H25N5O3/c1-12(2)21-16-9-15(22-18(20)23-16)13-3-5-14(6-4-13)17(26)24-8-7-19(27,10-24)11-25/h3-6,9,12,25,27H,7-8,10-11H2,1-2H3,(H3,20,21,22,23). The number of anilines is 2. The van der Waals surface area contributed by atoms with Gasteiger partial charge in [0.2, 0.25) is 5.95 Å². The number of hydrogen-bond acceptors (Lipinski definition) is 7. The molecule has 0 saturated carbocycles. The molecule has 5 N–H and O–H groups in total. The summed E-state index contributed by atoms with van der Waals surface area (Å²) in [5.74, 6) is 0.652. The first-order valence-electron chi connectivity index (χ1n) is 8.94. The van der Waals surface area contributed by atoms with Gasteiger partial charge in [0, 0.05) is 29.8 Å². The normalized spacial score (nSPS) is 19.5. The van der Waals surface area contributed by atoms with E-state index in [1.807, 2.05) is 32.0 Å². The Labute approximate surface area is 158 Å². The van der Waals surface area contributed by atoms with Crippen molar-refractivity contribution in [2.45, 2.75) is 31.9 Å². The van der Waals surface area contributed by atoms with E-state index in [1.54, 1.807) is 17.0 Å². The molecule has 2 aromatic rings. The van der Waals surface area contributed by atoms with E-state index in [4.69, 9.17) is 5.73 Å². The Morgan fingerprint density at radius 1 is 1.33 bits per heavy atom. The minimum atomic E-state index is -1.20. The number of nitrogens with one attached hydrogen (secondary N) is 1. The minimum Gasteiger partial charge on any atom is -0.393 e. The maximum Gasteiger partial charge on any atom is 0.253 e. The highest BCUT2D eigenvalue weighted by molar-refractivity contribution is 5.95. The van der Waals surface area contributed by atoms with Crippen molar-refractivity contribution in [1.29, 1.82) is 0 Å². The Bertz CT molecular complexity index is 825. The monoisotopic (exact) mass is 371 g/mol. The molecule has 144 valence electrons. The molecule has 1 saturated heterocycles. The van der Waals surface area contributed by atoms with Gasteiger partial charge in [0.05, 0.1) is 18.8 Å². The summed E-state index contributed by atoms with van der Waals surface area (Å²) in [6.45, 7) is 4.22. The summed E-state index contributed by atoms with van der Waals surface area (Å²) in [6.07, 6.45) is 0.374. The first kappa shape index (κ1) is 19.1. The van der Waals surface area contributed by atoms with Gasteiger partial charge in [-0.05, 0) is 32.4 Å². The van der Waals surface area contributed by atoms with E-state index in [-0.39, 0.29) is 31.0 Å². The van der Waals surface area contributed by atoms with Crippen LogP contribution >= 0.6 is 0 Å². The molecular weight excluding hydrogens is 346 g/mol. The molecule has 1 fully saturated rings. The first-order chi connectivity index (χ1) is 12.8. The van der Waals surface area contributed by atoms with Gasteiger partial charge in [-0.25, -0.2) is 4.98 Å². The number of aromatic nitrogens is 2. The molecule has 1 amide bonds. The third kappa shape index (κ3) is 4.35. The van der Waals surface area contributed by atoms with E-state index >= 15 is 0 Å². The Hall–Kier alpha value is -2.71. The number of nitrogen functional groups attached to an aromatic ring is 1. The first-order valence-corrected chi connectivity index (χ1v) is 8.94. The number of benzene rings is 1. The Kier molecular flexibility index (Phi) is 5.29. The molecule has 1 unspecified atom stereocenters. The fourth-order valence-corrected chi connectivity index (χ4v) is 3.11. The van der Waals surface area contributed by atoms with Crippen LogP contribution in [0.5, 0.6) is 0 Å². The maximum absolute atomic E-state index is 12.6. The lowest BCUT2D eigenvalue weighted by Gasteiger charge is -2.21. The molecule has 0 spiro atoms. The maximum atomic E-state index is 12.6. The number of hydrogen-bond donors (Lipinski definition) is 4. The van der Waals surface area contributed by atoms with Crippen LogP contribution in [0.1, 0.15) is 30.6 Å². The summed E-state index contributed by atoms with van der Waals surface area (Å²) >= 11 is 0. The van der Waals surface area contributed by atoms with Gasteiger partial charge in [-0.3, -0.25) is 4.79 Å². The van der Waals surface area contributed by atoms with E-state index < -0.39 is 5.60 Å². The van der Waals surface area contributed by atoms with Crippen molar-refractivity contribution in [1.82, 2.24) is 14.9 Å². The topological polar surface area (TPSA) is 125 Å². The third-order valence-electron chi connectivity index (χ3n) is 4.52. The van der Waals surface area contributed by atoms with Gasteiger partial charge < -0.3 is 26.2 Å². The van der Waals surface area contributed by atoms with Crippen LogP contribution in [-0.4, -0.2) is 62.3 Å². The second-order valence-electron chi connectivity index (χ2n) is 7.23. The molecule has 8 nitrogen and oxygen atoms in total. The zero-order valence-electron chi connectivity index (χ0n) is 15.5. The van der Waals surface area contributed by atoms with Gasteiger partial charge in [0.25, 0.3) is 5.91 Å². The highest BCUT2D eigenvalue weighted by Crippen LogP contribution is 2.25. The Balaban J connectivity index is 1.78. The van der Waals surface area contributed by atoms with E-state index in [1.165, 1.54) is 0 Å². The van der Waals surface area contributed by atoms with Gasteiger partial charge >= 0.3 is 0 Å². The molecule has 0 radical (unpaired) electrons. The molecule has 1 atom stereocenters. The lowest BCUT2D eigenvalue weighted by Crippen LogP contribution is -2.38. The smallest absolute Gasteiger partial charge is 0.253 e. The van der Waals surface area contributed by atoms with Crippen molar-refractivity contribution in [3.63, 3.8) is 0 Å². The van der Waals surface area contributed by atoms with Crippen molar-refractivity contribution in [2.75, 3.05) is 30.7 Å². The molecule has 1 aliphatic rings. The van der Waals surface area contributed by atoms with Crippen molar-refractivity contribution in [3.8, 4) is 11.3 Å². The second-order valence-corrected chi connectivity index (χ2v) is 7.23. The largest absolute Gasteiger partial charge is 0.393 e. The summed E-state index contributed by atoms with van der Waals surface area (Å²) in [4.78, 5) is 22.6. The number of nitrogens with two attached hydrogens (primary N) is 1. The molecule has 2 heterocycles. The Morgan fingerprint density at radius 2 is 2.04 bits per heavy atom. The van der Waals surface area contributed by atoms with Crippen molar-refractivity contribution in [3.05, 3.63) is 35.9 Å². The van der Waals surface area contributed by atoms with Crippen LogP contribution in [0.2, 0.25) is 0 Å². The average Bonchev–Trinajstić information content (AvgIpc) is 3.03. The summed E-state index contributed by atoms with van der Waals surface area (Å²) in [7, 11) is 0. The van der Waals surface area contributed by atoms with Gasteiger partial charge in [0.1, 0.15) is 11.4 Å². The number of rotatable bonds is 5. The lowest BCUT2D eigenvalue weighted by molar-refractivity contribution is -0.00455. The van der Waals surface area contributed by atoms with Gasteiger partial charge in [0.15, 0.2) is 0 Å². The van der Waals surface area contributed by atoms with Crippen LogP contribution in [-0.2, 0) is 0 Å².